The summed E-state index contributed by atoms with van der Waals surface area (Å²) < 4.78 is 39.9. The highest BCUT2D eigenvalue weighted by molar-refractivity contribution is 6.31. The van der Waals surface area contributed by atoms with Crippen molar-refractivity contribution in [1.82, 2.24) is 14.7 Å². The van der Waals surface area contributed by atoms with Gasteiger partial charge < -0.3 is 10.2 Å². The number of aromatic nitrogens is 2. The minimum atomic E-state index is -4.82. The van der Waals surface area contributed by atoms with Gasteiger partial charge in [-0.15, -0.1) is 0 Å². The fourth-order valence-corrected chi connectivity index (χ4v) is 2.25. The Labute approximate surface area is 150 Å². The van der Waals surface area contributed by atoms with Gasteiger partial charge in [-0.05, 0) is 6.07 Å². The first-order valence-corrected chi connectivity index (χ1v) is 7.41. The van der Waals surface area contributed by atoms with Gasteiger partial charge in [-0.25, -0.2) is 0 Å². The minimum absolute atomic E-state index is 0.0649. The molecule has 2 aromatic rings. The molecule has 0 bridgehead atoms. The van der Waals surface area contributed by atoms with Gasteiger partial charge in [0.05, 0.1) is 27.4 Å². The van der Waals surface area contributed by atoms with E-state index in [0.717, 1.165) is 6.07 Å². The van der Waals surface area contributed by atoms with Crippen LogP contribution in [0.2, 0.25) is 5.02 Å². The second-order valence-electron chi connectivity index (χ2n) is 5.44. The van der Waals surface area contributed by atoms with Crippen LogP contribution < -0.4 is 5.32 Å². The molecule has 8 nitrogen and oxygen atoms in total. The van der Waals surface area contributed by atoms with E-state index in [9.17, 15) is 28.1 Å². The molecule has 2 rings (SSSR count). The van der Waals surface area contributed by atoms with Gasteiger partial charge in [0.2, 0.25) is 5.91 Å². The van der Waals surface area contributed by atoms with Gasteiger partial charge in [0.1, 0.15) is 12.2 Å². The number of anilines is 2. The van der Waals surface area contributed by atoms with E-state index >= 15 is 0 Å². The molecule has 1 amide bonds. The number of carbonyl (C=O) groups is 1. The Morgan fingerprint density at radius 2 is 2.08 bits per heavy atom. The normalized spacial score (nSPS) is 11.3. The molecule has 0 aliphatic heterocycles. The first kappa shape index (κ1) is 19.5. The number of likely N-dealkylation sites (N-methyl/N-ethyl adjacent to an activating group) is 1. The van der Waals surface area contributed by atoms with Crippen LogP contribution in [-0.4, -0.2) is 39.6 Å². The maximum absolute atomic E-state index is 12.9. The third-order valence-electron chi connectivity index (χ3n) is 3.30. The summed E-state index contributed by atoms with van der Waals surface area (Å²) in [4.78, 5) is 23.1. The summed E-state index contributed by atoms with van der Waals surface area (Å²) in [5.41, 5.74) is -2.08. The van der Waals surface area contributed by atoms with E-state index in [-0.39, 0.29) is 23.8 Å². The van der Waals surface area contributed by atoms with Gasteiger partial charge in [0.25, 0.3) is 5.69 Å². The Kier molecular flexibility index (Phi) is 5.40. The van der Waals surface area contributed by atoms with Crippen LogP contribution in [0.25, 0.3) is 0 Å². The zero-order chi connectivity index (χ0) is 19.6. The molecule has 0 fully saturated rings. The molecule has 0 atom stereocenters. The number of nitro benzene ring substituents is 1. The Morgan fingerprint density at radius 3 is 2.62 bits per heavy atom. The molecule has 12 heteroatoms. The standard InChI is InChI=1S/C14H13ClF3N5O3/c1-21(2)13(24)7-22-6-8(5-19-22)20-11-4-10(15)9(14(16,17)18)3-12(11)23(25)26/h3-6,20H,7H2,1-2H3. The van der Waals surface area contributed by atoms with Crippen molar-refractivity contribution in [1.29, 1.82) is 0 Å². The average molecular weight is 392 g/mol. The number of amides is 1. The van der Waals surface area contributed by atoms with Gasteiger partial charge in [0.15, 0.2) is 0 Å². The lowest BCUT2D eigenvalue weighted by Gasteiger charge is -2.12. The van der Waals surface area contributed by atoms with E-state index in [1.165, 1.54) is 22.0 Å². The van der Waals surface area contributed by atoms with E-state index in [0.29, 0.717) is 6.07 Å². The molecule has 0 aliphatic rings. The Hall–Kier alpha value is -2.82. The van der Waals surface area contributed by atoms with Crippen molar-refractivity contribution in [3.63, 3.8) is 0 Å². The van der Waals surface area contributed by atoms with E-state index in [4.69, 9.17) is 11.6 Å². The van der Waals surface area contributed by atoms with Crippen LogP contribution in [0.3, 0.4) is 0 Å². The van der Waals surface area contributed by atoms with Gasteiger partial charge >= 0.3 is 6.18 Å². The number of benzene rings is 1. The summed E-state index contributed by atoms with van der Waals surface area (Å²) in [5, 5.41) is 16.9. The van der Waals surface area contributed by atoms with Crippen molar-refractivity contribution < 1.29 is 22.9 Å². The van der Waals surface area contributed by atoms with E-state index in [1.54, 1.807) is 14.1 Å². The van der Waals surface area contributed by atoms with Crippen molar-refractivity contribution >= 4 is 34.6 Å². The van der Waals surface area contributed by atoms with Crippen molar-refractivity contribution in [3.8, 4) is 0 Å². The topological polar surface area (TPSA) is 93.3 Å². The lowest BCUT2D eigenvalue weighted by molar-refractivity contribution is -0.384. The number of rotatable bonds is 5. The number of carbonyl (C=O) groups excluding carboxylic acids is 1. The molecule has 140 valence electrons. The van der Waals surface area contributed by atoms with Crippen LogP contribution in [-0.2, 0) is 17.5 Å². The zero-order valence-electron chi connectivity index (χ0n) is 13.5. The van der Waals surface area contributed by atoms with Crippen LogP contribution in [0, 0.1) is 10.1 Å². The van der Waals surface area contributed by atoms with Gasteiger partial charge in [-0.2, -0.15) is 18.3 Å². The predicted octanol–water partition coefficient (Wildman–Crippen LogP) is 3.30. The quantitative estimate of drug-likeness (QED) is 0.623. The third kappa shape index (κ3) is 4.42. The first-order valence-electron chi connectivity index (χ1n) is 7.04. The maximum Gasteiger partial charge on any atom is 0.418 e. The molecule has 1 aromatic heterocycles. The monoisotopic (exact) mass is 391 g/mol. The van der Waals surface area contributed by atoms with Crippen LogP contribution in [0.15, 0.2) is 24.5 Å². The number of hydrogen-bond acceptors (Lipinski definition) is 5. The molecule has 0 saturated heterocycles. The third-order valence-corrected chi connectivity index (χ3v) is 3.61. The minimum Gasteiger partial charge on any atom is -0.347 e. The molecule has 0 unspecified atom stereocenters. The molecule has 0 radical (unpaired) electrons. The number of hydrogen-bond donors (Lipinski definition) is 1. The Balaban J connectivity index is 2.32. The second kappa shape index (κ2) is 7.20. The molecular formula is C14H13ClF3N5O3. The SMILES string of the molecule is CN(C)C(=O)Cn1cc(Nc2cc(Cl)c(C(F)(F)F)cc2[N+](=O)[O-])cn1. The summed E-state index contributed by atoms with van der Waals surface area (Å²) in [6.45, 7) is -0.0649. The molecule has 0 saturated carbocycles. The summed E-state index contributed by atoms with van der Waals surface area (Å²) in [6.07, 6.45) is -2.16. The molecule has 0 aliphatic carbocycles. The lowest BCUT2D eigenvalue weighted by atomic mass is 10.1. The van der Waals surface area contributed by atoms with E-state index in [1.807, 2.05) is 0 Å². The van der Waals surface area contributed by atoms with E-state index in [2.05, 4.69) is 10.4 Å². The fraction of sp³-hybridized carbons (Fsp3) is 0.286. The summed E-state index contributed by atoms with van der Waals surface area (Å²) in [7, 11) is 3.14. The van der Waals surface area contributed by atoms with E-state index < -0.39 is 27.4 Å². The molecule has 0 spiro atoms. The molecule has 1 aromatic carbocycles. The van der Waals surface area contributed by atoms with Crippen molar-refractivity contribution in [2.24, 2.45) is 0 Å². The van der Waals surface area contributed by atoms with Crippen LogP contribution in [0.1, 0.15) is 5.56 Å². The van der Waals surface area contributed by atoms with Gasteiger partial charge in [-0.1, -0.05) is 11.6 Å². The van der Waals surface area contributed by atoms with Gasteiger partial charge in [0, 0.05) is 26.4 Å². The smallest absolute Gasteiger partial charge is 0.347 e. The van der Waals surface area contributed by atoms with Crippen LogP contribution >= 0.6 is 11.6 Å². The zero-order valence-corrected chi connectivity index (χ0v) is 14.3. The highest BCUT2D eigenvalue weighted by Gasteiger charge is 2.36. The van der Waals surface area contributed by atoms with Crippen LogP contribution in [0.5, 0.6) is 0 Å². The van der Waals surface area contributed by atoms with Crippen molar-refractivity contribution in [2.75, 3.05) is 19.4 Å². The second-order valence-corrected chi connectivity index (χ2v) is 5.85. The highest BCUT2D eigenvalue weighted by Crippen LogP contribution is 2.40. The van der Waals surface area contributed by atoms with Gasteiger partial charge in [-0.3, -0.25) is 19.6 Å². The molecule has 26 heavy (non-hydrogen) atoms. The Bertz CT molecular complexity index is 851. The number of nitro groups is 1. The highest BCUT2D eigenvalue weighted by atomic mass is 35.5. The first-order chi connectivity index (χ1) is 12.0. The Morgan fingerprint density at radius 1 is 1.42 bits per heavy atom. The summed E-state index contributed by atoms with van der Waals surface area (Å²) in [6, 6.07) is 1.19. The average Bonchev–Trinajstić information content (AvgIpc) is 2.92. The summed E-state index contributed by atoms with van der Waals surface area (Å²) >= 11 is 5.61. The molecule has 1 heterocycles. The maximum atomic E-state index is 12.9. The number of nitrogens with one attached hydrogen (secondary N) is 1. The largest absolute Gasteiger partial charge is 0.418 e. The number of nitrogens with zero attached hydrogens (tertiary/aromatic N) is 4. The fourth-order valence-electron chi connectivity index (χ4n) is 1.98. The van der Waals surface area contributed by atoms with Crippen molar-refractivity contribution in [2.45, 2.75) is 12.7 Å². The number of alkyl halides is 3. The molecular weight excluding hydrogens is 379 g/mol. The molecule has 1 N–H and O–H groups in total. The number of halogens is 4. The van der Waals surface area contributed by atoms with Crippen molar-refractivity contribution in [3.05, 3.63) is 45.2 Å². The lowest BCUT2D eigenvalue weighted by Crippen LogP contribution is -2.26. The predicted molar refractivity (Wildman–Crippen MR) is 87.3 cm³/mol. The summed E-state index contributed by atoms with van der Waals surface area (Å²) in [5.74, 6) is -0.233. The van der Waals surface area contributed by atoms with Crippen LogP contribution in [0.4, 0.5) is 30.2 Å².